The van der Waals surface area contributed by atoms with Gasteiger partial charge < -0.3 is 10.1 Å². The number of nitrogens with zero attached hydrogens (tertiary/aromatic N) is 4. The fraction of sp³-hybridized carbons (Fsp3) is 0.200. The lowest BCUT2D eigenvalue weighted by atomic mass is 10.2. The van der Waals surface area contributed by atoms with Crippen molar-refractivity contribution in [3.05, 3.63) is 70.3 Å². The summed E-state index contributed by atoms with van der Waals surface area (Å²) in [5.41, 5.74) is 2.02. The Hall–Kier alpha value is -3.68. The summed E-state index contributed by atoms with van der Waals surface area (Å²) in [7, 11) is 1.35. The van der Waals surface area contributed by atoms with Crippen LogP contribution in [0.25, 0.3) is 16.7 Å². The average Bonchev–Trinajstić information content (AvgIpc) is 3.16. The van der Waals surface area contributed by atoms with E-state index in [4.69, 9.17) is 4.74 Å². The fourth-order valence-electron chi connectivity index (χ4n) is 3.24. The molecule has 0 spiro atoms. The number of para-hydroxylation sites is 1. The Morgan fingerprint density at radius 3 is 2.57 bits per heavy atom. The van der Waals surface area contributed by atoms with E-state index in [1.54, 1.807) is 28.8 Å². The van der Waals surface area contributed by atoms with Gasteiger partial charge in [-0.1, -0.05) is 12.1 Å². The molecule has 1 N–H and O–H groups in total. The van der Waals surface area contributed by atoms with Crippen molar-refractivity contribution in [2.75, 3.05) is 12.4 Å². The van der Waals surface area contributed by atoms with Gasteiger partial charge in [-0.25, -0.2) is 4.79 Å². The topological polar surface area (TPSA) is 90.5 Å². The number of esters is 1. The van der Waals surface area contributed by atoms with Gasteiger partial charge in [-0.05, 0) is 43.3 Å². The Kier molecular flexibility index (Phi) is 4.52. The van der Waals surface area contributed by atoms with E-state index in [1.165, 1.54) is 7.11 Å². The fourth-order valence-corrected chi connectivity index (χ4v) is 3.24. The molecule has 8 heteroatoms. The molecule has 28 heavy (non-hydrogen) atoms. The Bertz CT molecular complexity index is 1220. The maximum Gasteiger partial charge on any atom is 0.337 e. The van der Waals surface area contributed by atoms with Crippen LogP contribution in [-0.4, -0.2) is 32.2 Å². The zero-order valence-corrected chi connectivity index (χ0v) is 15.5. The molecule has 0 atom stereocenters. The quantitative estimate of drug-likeness (QED) is 0.537. The van der Waals surface area contributed by atoms with Crippen molar-refractivity contribution in [1.82, 2.24) is 19.2 Å². The molecule has 2 aromatic heterocycles. The second kappa shape index (κ2) is 7.15. The van der Waals surface area contributed by atoms with E-state index in [-0.39, 0.29) is 11.5 Å². The normalized spacial score (nSPS) is 11.1. The molecule has 0 radical (unpaired) electrons. The van der Waals surface area contributed by atoms with E-state index in [9.17, 15) is 9.59 Å². The molecule has 2 aromatic carbocycles. The van der Waals surface area contributed by atoms with Gasteiger partial charge in [0.25, 0.3) is 5.56 Å². The van der Waals surface area contributed by atoms with Gasteiger partial charge >= 0.3 is 5.97 Å². The summed E-state index contributed by atoms with van der Waals surface area (Å²) in [6, 6.07) is 14.4. The van der Waals surface area contributed by atoms with Gasteiger partial charge in [0.2, 0.25) is 5.78 Å². The molecule has 0 aliphatic carbocycles. The predicted octanol–water partition coefficient (Wildman–Crippen LogP) is 2.46. The smallest absolute Gasteiger partial charge is 0.337 e. The number of aryl methyl sites for hydroxylation is 1. The zero-order valence-electron chi connectivity index (χ0n) is 15.5. The third kappa shape index (κ3) is 2.88. The second-order valence-corrected chi connectivity index (χ2v) is 6.24. The molecule has 4 rings (SSSR count). The van der Waals surface area contributed by atoms with Crippen LogP contribution in [0.4, 0.5) is 5.69 Å². The molecule has 4 aromatic rings. The van der Waals surface area contributed by atoms with Crippen molar-refractivity contribution >= 4 is 28.3 Å². The van der Waals surface area contributed by atoms with Gasteiger partial charge in [0.1, 0.15) is 0 Å². The lowest BCUT2D eigenvalue weighted by Gasteiger charge is -2.10. The molecule has 142 valence electrons. The Morgan fingerprint density at radius 2 is 1.86 bits per heavy atom. The van der Waals surface area contributed by atoms with Crippen LogP contribution >= 0.6 is 0 Å². The minimum atomic E-state index is -0.376. The first kappa shape index (κ1) is 17.7. The summed E-state index contributed by atoms with van der Waals surface area (Å²) in [5, 5.41) is 12.4. The average molecular weight is 377 g/mol. The maximum atomic E-state index is 12.7. The van der Waals surface area contributed by atoms with E-state index >= 15 is 0 Å². The number of anilines is 1. The predicted molar refractivity (Wildman–Crippen MR) is 106 cm³/mol. The molecule has 0 aliphatic heterocycles. The number of ether oxygens (including phenoxy) is 1. The third-order valence-corrected chi connectivity index (χ3v) is 4.65. The van der Waals surface area contributed by atoms with Crippen LogP contribution in [0.1, 0.15) is 23.1 Å². The first-order valence-corrected chi connectivity index (χ1v) is 8.92. The van der Waals surface area contributed by atoms with Gasteiger partial charge in [0.05, 0.1) is 30.1 Å². The Balaban J connectivity index is 1.71. The number of methoxy groups -OCH3 is 1. The van der Waals surface area contributed by atoms with Crippen molar-refractivity contribution < 1.29 is 9.53 Å². The van der Waals surface area contributed by atoms with E-state index in [1.807, 2.05) is 35.6 Å². The van der Waals surface area contributed by atoms with E-state index in [2.05, 4.69) is 15.5 Å². The first-order chi connectivity index (χ1) is 13.6. The third-order valence-electron chi connectivity index (χ3n) is 4.65. The number of benzene rings is 2. The summed E-state index contributed by atoms with van der Waals surface area (Å²) in [5.74, 6) is 0.827. The lowest BCUT2D eigenvalue weighted by molar-refractivity contribution is 0.0601. The number of hydrogen-bond donors (Lipinski definition) is 1. The Morgan fingerprint density at radius 1 is 1.11 bits per heavy atom. The van der Waals surface area contributed by atoms with Crippen molar-refractivity contribution in [1.29, 1.82) is 0 Å². The molecule has 0 aliphatic rings. The molecule has 0 fully saturated rings. The molecular formula is C20H19N5O3. The molecule has 0 saturated carbocycles. The molecular weight excluding hydrogens is 358 g/mol. The Labute approximate surface area is 160 Å². The van der Waals surface area contributed by atoms with E-state index in [0.717, 1.165) is 11.2 Å². The summed E-state index contributed by atoms with van der Waals surface area (Å²) in [6.07, 6.45) is 0. The molecule has 0 amide bonds. The molecule has 8 nitrogen and oxygen atoms in total. The monoisotopic (exact) mass is 377 g/mol. The molecule has 0 saturated heterocycles. The highest BCUT2D eigenvalue weighted by Crippen LogP contribution is 2.16. The largest absolute Gasteiger partial charge is 0.465 e. The summed E-state index contributed by atoms with van der Waals surface area (Å²) in [6.45, 7) is 2.82. The number of fused-ring (bicyclic) bond motifs is 3. The standard InChI is InChI=1S/C20H19N5O3/c1-3-24-18(26)15-6-4-5-7-16(15)25-17(22-23-20(24)25)12-21-14-10-8-13(9-11-14)19(27)28-2/h4-11,21H,3,12H2,1-2H3. The van der Waals surface area contributed by atoms with Crippen LogP contribution in [0.3, 0.4) is 0 Å². The number of carbonyl (C=O) groups excluding carboxylic acids is 1. The van der Waals surface area contributed by atoms with Crippen molar-refractivity contribution in [2.45, 2.75) is 20.0 Å². The molecule has 2 heterocycles. The minimum Gasteiger partial charge on any atom is -0.465 e. The summed E-state index contributed by atoms with van der Waals surface area (Å²) >= 11 is 0. The van der Waals surface area contributed by atoms with Gasteiger partial charge in [-0.2, -0.15) is 0 Å². The van der Waals surface area contributed by atoms with Gasteiger partial charge in [-0.15, -0.1) is 10.2 Å². The highest BCUT2D eigenvalue weighted by molar-refractivity contribution is 5.89. The highest BCUT2D eigenvalue weighted by Gasteiger charge is 2.15. The van der Waals surface area contributed by atoms with Crippen LogP contribution in [0.15, 0.2) is 53.3 Å². The van der Waals surface area contributed by atoms with Crippen LogP contribution in [0.2, 0.25) is 0 Å². The van der Waals surface area contributed by atoms with Crippen molar-refractivity contribution in [3.8, 4) is 0 Å². The van der Waals surface area contributed by atoms with Gasteiger partial charge in [-0.3, -0.25) is 13.8 Å². The molecule has 0 unspecified atom stereocenters. The second-order valence-electron chi connectivity index (χ2n) is 6.24. The number of hydrogen-bond acceptors (Lipinski definition) is 6. The van der Waals surface area contributed by atoms with Gasteiger partial charge in [0, 0.05) is 12.2 Å². The van der Waals surface area contributed by atoms with E-state index in [0.29, 0.717) is 35.6 Å². The first-order valence-electron chi connectivity index (χ1n) is 8.92. The highest BCUT2D eigenvalue weighted by atomic mass is 16.5. The van der Waals surface area contributed by atoms with Crippen molar-refractivity contribution in [2.24, 2.45) is 0 Å². The number of rotatable bonds is 5. The summed E-state index contributed by atoms with van der Waals surface area (Å²) < 4.78 is 8.22. The summed E-state index contributed by atoms with van der Waals surface area (Å²) in [4.78, 5) is 24.2. The van der Waals surface area contributed by atoms with E-state index < -0.39 is 0 Å². The van der Waals surface area contributed by atoms with Crippen LogP contribution in [0, 0.1) is 0 Å². The SMILES string of the molecule is CCn1c(=O)c2ccccc2n2c(CNc3ccc(C(=O)OC)cc3)nnc12. The number of nitrogens with one attached hydrogen (secondary N) is 1. The van der Waals surface area contributed by atoms with Crippen LogP contribution in [-0.2, 0) is 17.8 Å². The van der Waals surface area contributed by atoms with Crippen LogP contribution < -0.4 is 10.9 Å². The van der Waals surface area contributed by atoms with Crippen LogP contribution in [0.5, 0.6) is 0 Å². The van der Waals surface area contributed by atoms with Gasteiger partial charge in [0.15, 0.2) is 5.82 Å². The number of carbonyl (C=O) groups is 1. The van der Waals surface area contributed by atoms with Crippen molar-refractivity contribution in [3.63, 3.8) is 0 Å². The zero-order chi connectivity index (χ0) is 19.7. The maximum absolute atomic E-state index is 12.7. The molecule has 0 bridgehead atoms. The lowest BCUT2D eigenvalue weighted by Crippen LogP contribution is -2.22. The number of aromatic nitrogens is 4. The minimum absolute atomic E-state index is 0.0732.